The van der Waals surface area contributed by atoms with Crippen molar-refractivity contribution >= 4 is 44.1 Å². The number of aryl methyl sites for hydroxylation is 1. The minimum atomic E-state index is -0.222. The summed E-state index contributed by atoms with van der Waals surface area (Å²) in [7, 11) is 0. The lowest BCUT2D eigenvalue weighted by Gasteiger charge is -2.03. The van der Waals surface area contributed by atoms with E-state index in [1.807, 2.05) is 29.6 Å². The van der Waals surface area contributed by atoms with Crippen molar-refractivity contribution < 1.29 is 4.79 Å². The van der Waals surface area contributed by atoms with Crippen LogP contribution in [-0.4, -0.2) is 11.0 Å². The lowest BCUT2D eigenvalue weighted by Crippen LogP contribution is -2.27. The highest BCUT2D eigenvalue weighted by atomic mass is 32.1. The standard InChI is InChI=1S/C15H15N3OS2/c1-2-10-5-3-7-12-13(10)17-15(21-12)18-14(19)16-9-11-6-4-8-20-11/h3-8H,2,9H2,1H3,(H2,16,17,18,19). The summed E-state index contributed by atoms with van der Waals surface area (Å²) in [5.74, 6) is 0. The minimum Gasteiger partial charge on any atom is -0.333 e. The number of hydrogen-bond donors (Lipinski definition) is 2. The van der Waals surface area contributed by atoms with Crippen LogP contribution < -0.4 is 10.6 Å². The summed E-state index contributed by atoms with van der Waals surface area (Å²) in [5, 5.41) is 8.27. The van der Waals surface area contributed by atoms with Crippen molar-refractivity contribution in [2.75, 3.05) is 5.32 Å². The van der Waals surface area contributed by atoms with Crippen LogP contribution in [-0.2, 0) is 13.0 Å². The number of rotatable bonds is 4. The van der Waals surface area contributed by atoms with Gasteiger partial charge < -0.3 is 5.32 Å². The van der Waals surface area contributed by atoms with Crippen molar-refractivity contribution in [2.24, 2.45) is 0 Å². The van der Waals surface area contributed by atoms with Gasteiger partial charge in [-0.25, -0.2) is 9.78 Å². The number of para-hydroxylation sites is 1. The number of nitrogens with zero attached hydrogens (tertiary/aromatic N) is 1. The first-order chi connectivity index (χ1) is 10.3. The van der Waals surface area contributed by atoms with E-state index < -0.39 is 0 Å². The number of fused-ring (bicyclic) bond motifs is 1. The van der Waals surface area contributed by atoms with Crippen LogP contribution >= 0.6 is 22.7 Å². The number of carbonyl (C=O) groups is 1. The van der Waals surface area contributed by atoms with Crippen molar-refractivity contribution in [3.05, 3.63) is 46.2 Å². The van der Waals surface area contributed by atoms with E-state index in [-0.39, 0.29) is 6.03 Å². The molecular weight excluding hydrogens is 302 g/mol. The Hall–Kier alpha value is -1.92. The predicted octanol–water partition coefficient (Wildman–Crippen LogP) is 4.24. The van der Waals surface area contributed by atoms with Crippen LogP contribution in [0.4, 0.5) is 9.93 Å². The number of carbonyl (C=O) groups excluding carboxylic acids is 1. The van der Waals surface area contributed by atoms with Crippen molar-refractivity contribution in [1.29, 1.82) is 0 Å². The summed E-state index contributed by atoms with van der Waals surface area (Å²) in [4.78, 5) is 17.5. The number of aromatic nitrogens is 1. The Kier molecular flexibility index (Phi) is 4.17. The predicted molar refractivity (Wildman–Crippen MR) is 89.2 cm³/mol. The molecule has 6 heteroatoms. The number of amides is 2. The van der Waals surface area contributed by atoms with E-state index in [0.717, 1.165) is 21.5 Å². The average Bonchev–Trinajstić information content (AvgIpc) is 3.13. The highest BCUT2D eigenvalue weighted by Crippen LogP contribution is 2.28. The molecule has 21 heavy (non-hydrogen) atoms. The van der Waals surface area contributed by atoms with E-state index in [1.165, 1.54) is 16.9 Å². The Bertz CT molecular complexity index is 749. The SMILES string of the molecule is CCc1cccc2sc(NC(=O)NCc3cccs3)nc12. The Morgan fingerprint density at radius 3 is 2.95 bits per heavy atom. The number of urea groups is 1. The zero-order valence-electron chi connectivity index (χ0n) is 11.6. The molecule has 0 aliphatic rings. The third kappa shape index (κ3) is 3.22. The normalized spacial score (nSPS) is 10.7. The van der Waals surface area contributed by atoms with Crippen molar-refractivity contribution in [1.82, 2.24) is 10.3 Å². The molecule has 2 aromatic heterocycles. The molecule has 0 bridgehead atoms. The molecule has 1 aromatic carbocycles. The van der Waals surface area contributed by atoms with Crippen LogP contribution in [0.15, 0.2) is 35.7 Å². The summed E-state index contributed by atoms with van der Waals surface area (Å²) in [6, 6.07) is 9.87. The van der Waals surface area contributed by atoms with Gasteiger partial charge in [-0.3, -0.25) is 5.32 Å². The zero-order chi connectivity index (χ0) is 14.7. The zero-order valence-corrected chi connectivity index (χ0v) is 13.2. The van der Waals surface area contributed by atoms with Gasteiger partial charge >= 0.3 is 6.03 Å². The van der Waals surface area contributed by atoms with Gasteiger partial charge in [-0.05, 0) is 29.5 Å². The number of hydrogen-bond acceptors (Lipinski definition) is 4. The number of thiophene rings is 1. The molecule has 3 aromatic rings. The Morgan fingerprint density at radius 1 is 1.29 bits per heavy atom. The summed E-state index contributed by atoms with van der Waals surface area (Å²) >= 11 is 3.12. The first-order valence-corrected chi connectivity index (χ1v) is 8.41. The Balaban J connectivity index is 1.68. The molecule has 0 unspecified atom stereocenters. The summed E-state index contributed by atoms with van der Waals surface area (Å²) < 4.78 is 1.10. The quantitative estimate of drug-likeness (QED) is 0.756. The van der Waals surface area contributed by atoms with Crippen LogP contribution in [0.3, 0.4) is 0 Å². The molecular formula is C15H15N3OS2. The van der Waals surface area contributed by atoms with Gasteiger partial charge in [0.2, 0.25) is 0 Å². The molecule has 0 radical (unpaired) electrons. The average molecular weight is 317 g/mol. The van der Waals surface area contributed by atoms with Gasteiger partial charge in [0, 0.05) is 4.88 Å². The van der Waals surface area contributed by atoms with Crippen LogP contribution in [0.25, 0.3) is 10.2 Å². The molecule has 0 spiro atoms. The fourth-order valence-electron chi connectivity index (χ4n) is 2.07. The van der Waals surface area contributed by atoms with Crippen molar-refractivity contribution in [3.8, 4) is 0 Å². The minimum absolute atomic E-state index is 0.222. The largest absolute Gasteiger partial charge is 0.333 e. The van der Waals surface area contributed by atoms with Gasteiger partial charge in [0.1, 0.15) is 0 Å². The topological polar surface area (TPSA) is 54.0 Å². The summed E-state index contributed by atoms with van der Waals surface area (Å²) in [6.45, 7) is 2.64. The van der Waals surface area contributed by atoms with Gasteiger partial charge in [-0.15, -0.1) is 11.3 Å². The smallest absolute Gasteiger partial charge is 0.321 e. The molecule has 0 atom stereocenters. The Labute approximate surface area is 130 Å². The van der Waals surface area contributed by atoms with Gasteiger partial charge in [0.05, 0.1) is 16.8 Å². The molecule has 0 aliphatic heterocycles. The number of anilines is 1. The van der Waals surface area contributed by atoms with Gasteiger partial charge in [-0.1, -0.05) is 36.5 Å². The maximum Gasteiger partial charge on any atom is 0.321 e. The van der Waals surface area contributed by atoms with E-state index >= 15 is 0 Å². The fraction of sp³-hybridized carbons (Fsp3) is 0.200. The monoisotopic (exact) mass is 317 g/mol. The van der Waals surface area contributed by atoms with E-state index in [0.29, 0.717) is 11.7 Å². The van der Waals surface area contributed by atoms with E-state index in [1.54, 1.807) is 11.3 Å². The summed E-state index contributed by atoms with van der Waals surface area (Å²) in [5.41, 5.74) is 2.19. The van der Waals surface area contributed by atoms with E-state index in [9.17, 15) is 4.79 Å². The number of benzene rings is 1. The third-order valence-corrected chi connectivity index (χ3v) is 4.92. The lowest BCUT2D eigenvalue weighted by atomic mass is 10.1. The van der Waals surface area contributed by atoms with Crippen molar-refractivity contribution in [3.63, 3.8) is 0 Å². The summed E-state index contributed by atoms with van der Waals surface area (Å²) in [6.07, 6.45) is 0.936. The molecule has 0 saturated heterocycles. The second-order valence-electron chi connectivity index (χ2n) is 4.52. The molecule has 108 valence electrons. The molecule has 3 rings (SSSR count). The van der Waals surface area contributed by atoms with Crippen LogP contribution in [0.2, 0.25) is 0 Å². The Morgan fingerprint density at radius 2 is 2.19 bits per heavy atom. The second-order valence-corrected chi connectivity index (χ2v) is 6.59. The van der Waals surface area contributed by atoms with Crippen LogP contribution in [0.5, 0.6) is 0 Å². The molecule has 2 N–H and O–H groups in total. The number of thiazole rings is 1. The molecule has 4 nitrogen and oxygen atoms in total. The maximum atomic E-state index is 11.9. The van der Waals surface area contributed by atoms with Crippen LogP contribution in [0, 0.1) is 0 Å². The number of nitrogens with one attached hydrogen (secondary N) is 2. The first-order valence-electron chi connectivity index (χ1n) is 6.72. The second kappa shape index (κ2) is 6.24. The lowest BCUT2D eigenvalue weighted by molar-refractivity contribution is 0.252. The molecule has 0 saturated carbocycles. The maximum absolute atomic E-state index is 11.9. The van der Waals surface area contributed by atoms with Crippen molar-refractivity contribution in [2.45, 2.75) is 19.9 Å². The highest BCUT2D eigenvalue weighted by molar-refractivity contribution is 7.22. The fourth-order valence-corrected chi connectivity index (χ4v) is 3.62. The highest BCUT2D eigenvalue weighted by Gasteiger charge is 2.09. The van der Waals surface area contributed by atoms with Gasteiger partial charge in [0.15, 0.2) is 5.13 Å². The molecule has 0 aliphatic carbocycles. The van der Waals surface area contributed by atoms with E-state index in [4.69, 9.17) is 0 Å². The van der Waals surface area contributed by atoms with Crippen LogP contribution in [0.1, 0.15) is 17.4 Å². The third-order valence-electron chi connectivity index (χ3n) is 3.11. The molecule has 0 fully saturated rings. The molecule has 2 amide bonds. The van der Waals surface area contributed by atoms with E-state index in [2.05, 4.69) is 28.6 Å². The first kappa shape index (κ1) is 14.0. The molecule has 2 heterocycles. The van der Waals surface area contributed by atoms with Gasteiger partial charge in [0.25, 0.3) is 0 Å². The van der Waals surface area contributed by atoms with Gasteiger partial charge in [-0.2, -0.15) is 0 Å².